The van der Waals surface area contributed by atoms with Crippen LogP contribution in [0.1, 0.15) is 31.8 Å². The fourth-order valence-electron chi connectivity index (χ4n) is 3.39. The van der Waals surface area contributed by atoms with Crippen LogP contribution in [0.4, 0.5) is 0 Å². The molecule has 1 aliphatic heterocycles. The Morgan fingerprint density at radius 2 is 1.64 bits per heavy atom. The molecule has 0 radical (unpaired) electrons. The van der Waals surface area contributed by atoms with Crippen LogP contribution in [0.2, 0.25) is 10.0 Å². The minimum absolute atomic E-state index is 0.110. The van der Waals surface area contributed by atoms with E-state index in [0.29, 0.717) is 44.0 Å². The summed E-state index contributed by atoms with van der Waals surface area (Å²) in [6.45, 7) is 1.74. The minimum Gasteiger partial charge on any atom is -0.497 e. The number of carbonyl (C=O) groups is 2. The predicted octanol–water partition coefficient (Wildman–Crippen LogP) is 6.15. The van der Waals surface area contributed by atoms with Crippen molar-refractivity contribution in [2.24, 2.45) is 0 Å². The highest BCUT2D eigenvalue weighted by atomic mass is 35.5. The first kappa shape index (κ1) is 22.7. The van der Waals surface area contributed by atoms with Crippen molar-refractivity contribution in [2.45, 2.75) is 6.92 Å². The van der Waals surface area contributed by atoms with Crippen LogP contribution in [0.5, 0.6) is 23.0 Å². The molecule has 0 bridgehead atoms. The first-order chi connectivity index (χ1) is 15.8. The number of fused-ring (bicyclic) bond motifs is 1. The van der Waals surface area contributed by atoms with E-state index >= 15 is 0 Å². The quantitative estimate of drug-likeness (QED) is 0.245. The maximum absolute atomic E-state index is 12.9. The zero-order valence-corrected chi connectivity index (χ0v) is 19.4. The molecule has 8 heteroatoms. The highest BCUT2D eigenvalue weighted by Crippen LogP contribution is 2.38. The van der Waals surface area contributed by atoms with Gasteiger partial charge in [0, 0.05) is 22.2 Å². The summed E-state index contributed by atoms with van der Waals surface area (Å²) in [4.78, 5) is 25.6. The molecule has 0 saturated carbocycles. The fourth-order valence-corrected chi connectivity index (χ4v) is 3.85. The number of aryl methyl sites for hydroxylation is 1. The van der Waals surface area contributed by atoms with E-state index in [0.717, 1.165) is 0 Å². The molecule has 33 heavy (non-hydrogen) atoms. The standard InChI is InChI=1S/C25H18Cl2O6/c1-13-6-19(32-25(29)15-7-17(30-2)11-18(8-15)31-3)12-21-23(13)24(28)22(33-21)9-14-4-5-16(26)10-20(14)27/h4-12H,1-3H3/b22-9-. The summed E-state index contributed by atoms with van der Waals surface area (Å²) in [6.07, 6.45) is 1.55. The van der Waals surface area contributed by atoms with Gasteiger partial charge in [-0.25, -0.2) is 4.79 Å². The van der Waals surface area contributed by atoms with Gasteiger partial charge in [0.1, 0.15) is 23.0 Å². The summed E-state index contributed by atoms with van der Waals surface area (Å²) < 4.78 is 21.7. The van der Waals surface area contributed by atoms with Crippen molar-refractivity contribution in [3.8, 4) is 23.0 Å². The highest BCUT2D eigenvalue weighted by molar-refractivity contribution is 6.35. The van der Waals surface area contributed by atoms with Gasteiger partial charge in [0.25, 0.3) is 0 Å². The largest absolute Gasteiger partial charge is 0.497 e. The molecule has 3 aromatic carbocycles. The maximum atomic E-state index is 12.9. The zero-order chi connectivity index (χ0) is 23.7. The van der Waals surface area contributed by atoms with Crippen LogP contribution in [0, 0.1) is 6.92 Å². The fraction of sp³-hybridized carbons (Fsp3) is 0.120. The Bertz CT molecular complexity index is 1290. The van der Waals surface area contributed by atoms with Crippen LogP contribution in [-0.2, 0) is 0 Å². The van der Waals surface area contributed by atoms with Gasteiger partial charge in [-0.1, -0.05) is 29.3 Å². The van der Waals surface area contributed by atoms with Gasteiger partial charge in [-0.2, -0.15) is 0 Å². The molecule has 0 amide bonds. The molecule has 3 aromatic rings. The van der Waals surface area contributed by atoms with E-state index in [2.05, 4.69) is 0 Å². The molecule has 0 atom stereocenters. The molecule has 1 aliphatic rings. The second-order valence-electron chi connectivity index (χ2n) is 7.21. The molecule has 4 rings (SSSR count). The molecule has 0 saturated heterocycles. The van der Waals surface area contributed by atoms with Crippen LogP contribution in [-0.4, -0.2) is 26.0 Å². The van der Waals surface area contributed by atoms with E-state index in [1.54, 1.807) is 55.5 Å². The summed E-state index contributed by atoms with van der Waals surface area (Å²) in [6, 6.07) is 12.8. The van der Waals surface area contributed by atoms with E-state index in [4.69, 9.17) is 42.1 Å². The molecule has 0 N–H and O–H groups in total. The maximum Gasteiger partial charge on any atom is 0.343 e. The number of hydrogen-bond acceptors (Lipinski definition) is 6. The second kappa shape index (κ2) is 9.17. The summed E-state index contributed by atoms with van der Waals surface area (Å²) >= 11 is 12.1. The van der Waals surface area contributed by atoms with E-state index in [9.17, 15) is 9.59 Å². The number of ether oxygens (including phenoxy) is 4. The van der Waals surface area contributed by atoms with Crippen LogP contribution in [0.3, 0.4) is 0 Å². The van der Waals surface area contributed by atoms with Gasteiger partial charge in [-0.3, -0.25) is 4.79 Å². The Morgan fingerprint density at radius 1 is 0.939 bits per heavy atom. The van der Waals surface area contributed by atoms with Gasteiger partial charge in [-0.15, -0.1) is 0 Å². The number of methoxy groups -OCH3 is 2. The predicted molar refractivity (Wildman–Crippen MR) is 125 cm³/mol. The van der Waals surface area contributed by atoms with Gasteiger partial charge >= 0.3 is 5.97 Å². The number of allylic oxidation sites excluding steroid dienone is 1. The lowest BCUT2D eigenvalue weighted by atomic mass is 10.0. The number of hydrogen-bond donors (Lipinski definition) is 0. The average Bonchev–Trinajstić information content (AvgIpc) is 3.10. The number of Topliss-reactive ketones (excluding diaryl/α,β-unsaturated/α-hetero) is 1. The second-order valence-corrected chi connectivity index (χ2v) is 8.05. The Labute approximate surface area is 200 Å². The average molecular weight is 485 g/mol. The molecule has 0 unspecified atom stereocenters. The Morgan fingerprint density at radius 3 is 2.27 bits per heavy atom. The van der Waals surface area contributed by atoms with E-state index in [1.165, 1.54) is 20.3 Å². The Hall–Kier alpha value is -3.48. The third-order valence-corrected chi connectivity index (χ3v) is 5.55. The summed E-state index contributed by atoms with van der Waals surface area (Å²) in [7, 11) is 2.98. The van der Waals surface area contributed by atoms with Crippen molar-refractivity contribution in [1.82, 2.24) is 0 Å². The third kappa shape index (κ3) is 4.67. The molecular weight excluding hydrogens is 467 g/mol. The third-order valence-electron chi connectivity index (χ3n) is 4.99. The van der Waals surface area contributed by atoms with Crippen LogP contribution in [0.15, 0.2) is 54.3 Å². The molecule has 0 spiro atoms. The molecule has 0 aromatic heterocycles. The van der Waals surface area contributed by atoms with E-state index in [-0.39, 0.29) is 22.9 Å². The van der Waals surface area contributed by atoms with Crippen molar-refractivity contribution >= 4 is 41.0 Å². The summed E-state index contributed by atoms with van der Waals surface area (Å²) in [5.41, 5.74) is 1.84. The highest BCUT2D eigenvalue weighted by Gasteiger charge is 2.30. The van der Waals surface area contributed by atoms with Gasteiger partial charge in [0.15, 0.2) is 5.76 Å². The van der Waals surface area contributed by atoms with Crippen molar-refractivity contribution in [1.29, 1.82) is 0 Å². The lowest BCUT2D eigenvalue weighted by Crippen LogP contribution is -2.09. The first-order valence-electron chi connectivity index (χ1n) is 9.78. The number of carbonyl (C=O) groups excluding carboxylic acids is 2. The Kier molecular flexibility index (Phi) is 6.31. The lowest BCUT2D eigenvalue weighted by molar-refractivity contribution is 0.0733. The van der Waals surface area contributed by atoms with Gasteiger partial charge in [0.05, 0.1) is 25.3 Å². The summed E-state index contributed by atoms with van der Waals surface area (Å²) in [5.74, 6) is 0.646. The number of benzene rings is 3. The number of halogens is 2. The normalized spacial score (nSPS) is 13.5. The molecule has 0 aliphatic carbocycles. The van der Waals surface area contributed by atoms with Crippen molar-refractivity contribution < 1.29 is 28.5 Å². The van der Waals surface area contributed by atoms with E-state index in [1.807, 2.05) is 0 Å². The number of rotatable bonds is 5. The lowest BCUT2D eigenvalue weighted by Gasteiger charge is -2.10. The molecule has 168 valence electrons. The van der Waals surface area contributed by atoms with Crippen molar-refractivity contribution in [3.05, 3.63) is 86.6 Å². The molecule has 0 fully saturated rings. The van der Waals surface area contributed by atoms with Crippen molar-refractivity contribution in [3.63, 3.8) is 0 Å². The van der Waals surface area contributed by atoms with Gasteiger partial charge in [0.2, 0.25) is 5.78 Å². The smallest absolute Gasteiger partial charge is 0.343 e. The van der Waals surface area contributed by atoms with Gasteiger partial charge < -0.3 is 18.9 Å². The molecule has 1 heterocycles. The monoisotopic (exact) mass is 484 g/mol. The molecular formula is C25H18Cl2O6. The van der Waals surface area contributed by atoms with Crippen LogP contribution >= 0.6 is 23.2 Å². The van der Waals surface area contributed by atoms with Crippen LogP contribution in [0.25, 0.3) is 6.08 Å². The SMILES string of the molecule is COc1cc(OC)cc(C(=O)Oc2cc(C)c3c(c2)O/C(=C\c2ccc(Cl)cc2Cl)C3=O)c1. The first-order valence-corrected chi connectivity index (χ1v) is 10.5. The number of ketones is 1. The number of esters is 1. The van der Waals surface area contributed by atoms with Crippen molar-refractivity contribution in [2.75, 3.05) is 14.2 Å². The Balaban J connectivity index is 1.61. The van der Waals surface area contributed by atoms with Crippen LogP contribution < -0.4 is 18.9 Å². The molecule has 6 nitrogen and oxygen atoms in total. The topological polar surface area (TPSA) is 71.1 Å². The van der Waals surface area contributed by atoms with E-state index < -0.39 is 5.97 Å². The van der Waals surface area contributed by atoms with Gasteiger partial charge in [-0.05, 0) is 54.5 Å². The summed E-state index contributed by atoms with van der Waals surface area (Å²) in [5, 5.41) is 0.877. The minimum atomic E-state index is -0.611. The zero-order valence-electron chi connectivity index (χ0n) is 17.9.